The van der Waals surface area contributed by atoms with Crippen molar-refractivity contribution in [3.8, 4) is 11.1 Å². The van der Waals surface area contributed by atoms with Crippen molar-refractivity contribution in [3.63, 3.8) is 0 Å². The quantitative estimate of drug-likeness (QED) is 0.552. The van der Waals surface area contributed by atoms with Crippen LogP contribution in [0.15, 0.2) is 72.9 Å². The molecule has 0 saturated carbocycles. The molecule has 1 heterocycles. The van der Waals surface area contributed by atoms with Crippen LogP contribution in [-0.4, -0.2) is 36.4 Å². The van der Waals surface area contributed by atoms with Crippen LogP contribution in [0.2, 0.25) is 5.02 Å². The van der Waals surface area contributed by atoms with E-state index in [0.717, 1.165) is 35.5 Å². The molecule has 2 aromatic carbocycles. The summed E-state index contributed by atoms with van der Waals surface area (Å²) < 4.78 is 0. The van der Waals surface area contributed by atoms with Crippen molar-refractivity contribution in [3.05, 3.63) is 89.2 Å². The van der Waals surface area contributed by atoms with Crippen molar-refractivity contribution < 1.29 is 4.79 Å². The van der Waals surface area contributed by atoms with E-state index in [1.165, 1.54) is 11.6 Å². The lowest BCUT2D eigenvalue weighted by atomic mass is 10.1. The van der Waals surface area contributed by atoms with Gasteiger partial charge in [0.05, 0.1) is 5.69 Å². The van der Waals surface area contributed by atoms with Gasteiger partial charge in [-0.3, -0.25) is 9.78 Å². The fourth-order valence-corrected chi connectivity index (χ4v) is 2.90. The van der Waals surface area contributed by atoms with Crippen LogP contribution in [0.1, 0.15) is 11.3 Å². The van der Waals surface area contributed by atoms with E-state index in [0.29, 0.717) is 5.02 Å². The Morgan fingerprint density at radius 2 is 1.69 bits per heavy atom. The van der Waals surface area contributed by atoms with Crippen LogP contribution < -0.4 is 5.32 Å². The molecule has 1 amide bonds. The summed E-state index contributed by atoms with van der Waals surface area (Å²) >= 11 is 5.92. The number of hydrogen-bond acceptors (Lipinski definition) is 3. The van der Waals surface area contributed by atoms with Crippen LogP contribution in [-0.2, 0) is 11.2 Å². The second-order valence-electron chi connectivity index (χ2n) is 7.05. The highest BCUT2D eigenvalue weighted by atomic mass is 35.5. The summed E-state index contributed by atoms with van der Waals surface area (Å²) in [5.74, 6) is -0.186. The highest BCUT2D eigenvalue weighted by Crippen LogP contribution is 2.21. The maximum absolute atomic E-state index is 12.2. The molecule has 0 bridgehead atoms. The third-order valence-corrected chi connectivity index (χ3v) is 4.69. The van der Waals surface area contributed by atoms with Gasteiger partial charge >= 0.3 is 0 Å². The van der Waals surface area contributed by atoms with Crippen molar-refractivity contribution in [2.45, 2.75) is 6.42 Å². The van der Waals surface area contributed by atoms with E-state index >= 15 is 0 Å². The molecule has 0 radical (unpaired) electrons. The lowest BCUT2D eigenvalue weighted by Gasteiger charge is -2.09. The lowest BCUT2D eigenvalue weighted by molar-refractivity contribution is -0.111. The highest BCUT2D eigenvalue weighted by Gasteiger charge is 2.01. The first-order valence-electron chi connectivity index (χ1n) is 9.44. The molecule has 1 N–H and O–H groups in total. The first-order chi connectivity index (χ1) is 14.0. The van der Waals surface area contributed by atoms with Gasteiger partial charge in [-0.25, -0.2) is 0 Å². The molecule has 0 aliphatic heterocycles. The lowest BCUT2D eigenvalue weighted by Crippen LogP contribution is -2.15. The van der Waals surface area contributed by atoms with Crippen LogP contribution in [0.3, 0.4) is 0 Å². The Morgan fingerprint density at radius 1 is 1.00 bits per heavy atom. The molecule has 29 heavy (non-hydrogen) atoms. The Balaban J connectivity index is 1.55. The van der Waals surface area contributed by atoms with E-state index in [1.807, 2.05) is 60.7 Å². The second kappa shape index (κ2) is 10.0. The minimum Gasteiger partial charge on any atom is -0.323 e. The predicted molar refractivity (Wildman–Crippen MR) is 121 cm³/mol. The molecule has 1 aromatic heterocycles. The molecular weight excluding hydrogens is 382 g/mol. The maximum Gasteiger partial charge on any atom is 0.248 e. The third kappa shape index (κ3) is 6.56. The van der Waals surface area contributed by atoms with E-state index < -0.39 is 0 Å². The molecule has 0 atom stereocenters. The normalized spacial score (nSPS) is 11.2. The van der Waals surface area contributed by atoms with Gasteiger partial charge in [0, 0.05) is 35.1 Å². The Kier molecular flexibility index (Phi) is 7.17. The summed E-state index contributed by atoms with van der Waals surface area (Å²) in [4.78, 5) is 18.7. The third-order valence-electron chi connectivity index (χ3n) is 4.44. The fraction of sp³-hybridized carbons (Fsp3) is 0.167. The summed E-state index contributed by atoms with van der Waals surface area (Å²) in [7, 11) is 4.11. The Bertz CT molecular complexity index is 963. The SMILES string of the molecule is CN(C)CCc1ccc(NC(=O)/C=C/c2ccc(-c3ccc(Cl)cc3)cn2)cc1. The number of amides is 1. The van der Waals surface area contributed by atoms with Gasteiger partial charge in [-0.05, 0) is 68.1 Å². The standard InChI is InChI=1S/C24H24ClN3O/c1-28(2)16-15-18-3-10-23(11-4-18)27-24(29)14-13-22-12-7-20(17-26-22)19-5-8-21(25)9-6-19/h3-14,17H,15-16H2,1-2H3,(H,27,29)/b14-13+. The van der Waals surface area contributed by atoms with Gasteiger partial charge in [0.15, 0.2) is 0 Å². The van der Waals surface area contributed by atoms with Crippen LogP contribution in [0, 0.1) is 0 Å². The van der Waals surface area contributed by atoms with Crippen molar-refractivity contribution in [1.82, 2.24) is 9.88 Å². The molecule has 0 aliphatic carbocycles. The molecule has 148 valence electrons. The largest absolute Gasteiger partial charge is 0.323 e. The summed E-state index contributed by atoms with van der Waals surface area (Å²) in [5.41, 5.74) is 4.79. The van der Waals surface area contributed by atoms with Crippen LogP contribution in [0.5, 0.6) is 0 Å². The number of aromatic nitrogens is 1. The molecule has 0 saturated heterocycles. The predicted octanol–water partition coefficient (Wildman–Crippen LogP) is 5.16. The Morgan fingerprint density at radius 3 is 2.31 bits per heavy atom. The topological polar surface area (TPSA) is 45.2 Å². The first kappa shape index (κ1) is 20.8. The van der Waals surface area contributed by atoms with Gasteiger partial charge in [-0.15, -0.1) is 0 Å². The van der Waals surface area contributed by atoms with Crippen molar-refractivity contribution in [2.75, 3.05) is 26.0 Å². The van der Waals surface area contributed by atoms with E-state index in [2.05, 4.69) is 29.3 Å². The number of nitrogens with one attached hydrogen (secondary N) is 1. The highest BCUT2D eigenvalue weighted by molar-refractivity contribution is 6.30. The monoisotopic (exact) mass is 405 g/mol. The zero-order valence-electron chi connectivity index (χ0n) is 16.6. The summed E-state index contributed by atoms with van der Waals surface area (Å²) in [5, 5.41) is 3.57. The van der Waals surface area contributed by atoms with Gasteiger partial charge in [0.1, 0.15) is 0 Å². The number of carbonyl (C=O) groups excluding carboxylic acids is 1. The number of halogens is 1. The van der Waals surface area contributed by atoms with Gasteiger partial charge in [-0.1, -0.05) is 41.9 Å². The minimum absolute atomic E-state index is 0.186. The molecule has 4 nitrogen and oxygen atoms in total. The average molecular weight is 406 g/mol. The number of rotatable bonds is 7. The van der Waals surface area contributed by atoms with E-state index in [-0.39, 0.29) is 5.91 Å². The fourth-order valence-electron chi connectivity index (χ4n) is 2.77. The molecule has 3 rings (SSSR count). The number of hydrogen-bond donors (Lipinski definition) is 1. The second-order valence-corrected chi connectivity index (χ2v) is 7.49. The molecule has 5 heteroatoms. The Hall–Kier alpha value is -2.95. The molecule has 0 aliphatic rings. The summed E-state index contributed by atoms with van der Waals surface area (Å²) in [6.45, 7) is 0.998. The van der Waals surface area contributed by atoms with Gasteiger partial charge in [0.2, 0.25) is 5.91 Å². The van der Waals surface area contributed by atoms with Gasteiger partial charge in [-0.2, -0.15) is 0 Å². The molecular formula is C24H24ClN3O. The zero-order chi connectivity index (χ0) is 20.6. The average Bonchev–Trinajstić information content (AvgIpc) is 2.73. The van der Waals surface area contributed by atoms with Crippen molar-refractivity contribution in [1.29, 1.82) is 0 Å². The smallest absolute Gasteiger partial charge is 0.248 e. The van der Waals surface area contributed by atoms with Crippen molar-refractivity contribution in [2.24, 2.45) is 0 Å². The van der Waals surface area contributed by atoms with Gasteiger partial charge in [0.25, 0.3) is 0 Å². The summed E-state index contributed by atoms with van der Waals surface area (Å²) in [6, 6.07) is 19.4. The molecule has 0 spiro atoms. The number of pyridine rings is 1. The van der Waals surface area contributed by atoms with E-state index in [1.54, 1.807) is 12.3 Å². The number of nitrogens with zero attached hydrogens (tertiary/aromatic N) is 2. The van der Waals surface area contributed by atoms with E-state index in [9.17, 15) is 4.79 Å². The maximum atomic E-state index is 12.2. The zero-order valence-corrected chi connectivity index (χ0v) is 17.4. The minimum atomic E-state index is -0.186. The molecule has 3 aromatic rings. The number of benzene rings is 2. The van der Waals surface area contributed by atoms with Gasteiger partial charge < -0.3 is 10.2 Å². The first-order valence-corrected chi connectivity index (χ1v) is 9.82. The number of anilines is 1. The van der Waals surface area contributed by atoms with E-state index in [4.69, 9.17) is 11.6 Å². The number of carbonyl (C=O) groups is 1. The van der Waals surface area contributed by atoms with Crippen LogP contribution in [0.25, 0.3) is 17.2 Å². The van der Waals surface area contributed by atoms with Crippen LogP contribution in [0.4, 0.5) is 5.69 Å². The van der Waals surface area contributed by atoms with Crippen molar-refractivity contribution >= 4 is 29.3 Å². The van der Waals surface area contributed by atoms with Crippen LogP contribution >= 0.6 is 11.6 Å². The Labute approximate surface area is 176 Å². The summed E-state index contributed by atoms with van der Waals surface area (Å²) in [6.07, 6.45) is 5.96. The molecule has 0 fully saturated rings. The number of likely N-dealkylation sites (N-methyl/N-ethyl adjacent to an activating group) is 1. The molecule has 0 unspecified atom stereocenters.